The number of aliphatic carboxylic acids is 2. The normalized spacial score (nSPS) is 20.1. The van der Waals surface area contributed by atoms with E-state index in [1.54, 1.807) is 54.6 Å². The lowest BCUT2D eigenvalue weighted by molar-refractivity contribution is -0.140. The monoisotopic (exact) mass is 506 g/mol. The van der Waals surface area contributed by atoms with Gasteiger partial charge in [0.05, 0.1) is 0 Å². The minimum Gasteiger partial charge on any atom is -0.755 e. The van der Waals surface area contributed by atoms with Crippen molar-refractivity contribution >= 4 is 51.1 Å². The third-order valence-corrected chi connectivity index (χ3v) is 7.69. The molecule has 0 radical (unpaired) electrons. The average molecular weight is 507 g/mol. The van der Waals surface area contributed by atoms with E-state index < -0.39 is 41.3 Å². The predicted molar refractivity (Wildman–Crippen MR) is 123 cm³/mol. The number of carboxylic acid groups (broad SMARTS) is 2. The van der Waals surface area contributed by atoms with Crippen LogP contribution in [0.1, 0.15) is 17.9 Å². The highest BCUT2D eigenvalue weighted by Crippen LogP contribution is 2.59. The van der Waals surface area contributed by atoms with Crippen LogP contribution in [0, 0.1) is 0 Å². The summed E-state index contributed by atoms with van der Waals surface area (Å²) in [5, 5.41) is 19.9. The van der Waals surface area contributed by atoms with Crippen molar-refractivity contribution in [3.8, 4) is 16.2 Å². The van der Waals surface area contributed by atoms with Crippen molar-refractivity contribution in [2.45, 2.75) is 17.9 Å². The molecule has 2 N–H and O–H groups in total. The van der Waals surface area contributed by atoms with Crippen LogP contribution < -0.4 is 9.04 Å². The van der Waals surface area contributed by atoms with Gasteiger partial charge in [-0.05, 0) is 42.3 Å². The highest BCUT2D eigenvalue weighted by atomic mass is 35.5. The van der Waals surface area contributed by atoms with Crippen LogP contribution in [-0.4, -0.2) is 43.1 Å². The van der Waals surface area contributed by atoms with Crippen LogP contribution >= 0.6 is 22.9 Å². The molecule has 0 saturated heterocycles. The summed E-state index contributed by atoms with van der Waals surface area (Å²) in [6.45, 7) is -0.601. The Morgan fingerprint density at radius 3 is 2.48 bits per heavy atom. The Hall–Kier alpha value is -2.92. The van der Waals surface area contributed by atoms with Crippen LogP contribution in [0.5, 0.6) is 5.75 Å². The maximum atomic E-state index is 12.4. The highest BCUT2D eigenvalue weighted by Gasteiger charge is 2.67. The van der Waals surface area contributed by atoms with Crippen molar-refractivity contribution in [3.05, 3.63) is 71.2 Å². The zero-order chi connectivity index (χ0) is 23.8. The summed E-state index contributed by atoms with van der Waals surface area (Å²) in [6.07, 6.45) is 0.0118. The van der Waals surface area contributed by atoms with Gasteiger partial charge in [-0.2, -0.15) is 0 Å². The number of anilines is 1. The van der Waals surface area contributed by atoms with E-state index in [9.17, 15) is 23.5 Å². The molecule has 1 fully saturated rings. The topological polar surface area (TPSA) is 127 Å². The lowest BCUT2D eigenvalue weighted by Gasteiger charge is -2.32. The first kappa shape index (κ1) is 23.2. The SMILES string of the molecule is O=C(O)COc1ccccc1C1CC1(C(=O)O)N(c1ccc(-c2ccc(Cl)cc2)s1)S(=O)[O-]. The molecule has 8 nitrogen and oxygen atoms in total. The fourth-order valence-electron chi connectivity index (χ4n) is 3.82. The third-order valence-electron chi connectivity index (χ3n) is 5.38. The smallest absolute Gasteiger partial charge is 0.341 e. The van der Waals surface area contributed by atoms with Crippen molar-refractivity contribution in [1.82, 2.24) is 0 Å². The summed E-state index contributed by atoms with van der Waals surface area (Å²) in [5.41, 5.74) is -0.500. The predicted octanol–water partition coefficient (Wildman–Crippen LogP) is 4.14. The van der Waals surface area contributed by atoms with Gasteiger partial charge < -0.3 is 19.5 Å². The van der Waals surface area contributed by atoms with E-state index in [1.165, 1.54) is 6.07 Å². The molecular formula is C22H17ClNO7S2-. The second kappa shape index (κ2) is 9.14. The summed E-state index contributed by atoms with van der Waals surface area (Å²) in [5.74, 6) is -3.00. The summed E-state index contributed by atoms with van der Waals surface area (Å²) in [7, 11) is 0. The number of hydrogen-bond acceptors (Lipinski definition) is 6. The third kappa shape index (κ3) is 4.47. The molecule has 3 unspecified atom stereocenters. The minimum atomic E-state index is -2.88. The summed E-state index contributed by atoms with van der Waals surface area (Å²) >= 11 is 4.19. The molecular weight excluding hydrogens is 490 g/mol. The molecule has 1 aliphatic rings. The summed E-state index contributed by atoms with van der Waals surface area (Å²) < 4.78 is 30.8. The molecule has 1 saturated carbocycles. The van der Waals surface area contributed by atoms with Gasteiger partial charge in [0.2, 0.25) is 0 Å². The fourth-order valence-corrected chi connectivity index (χ4v) is 5.99. The van der Waals surface area contributed by atoms with E-state index in [4.69, 9.17) is 21.4 Å². The highest BCUT2D eigenvalue weighted by molar-refractivity contribution is 7.81. The number of halogens is 1. The van der Waals surface area contributed by atoms with Gasteiger partial charge >= 0.3 is 11.9 Å². The largest absolute Gasteiger partial charge is 0.755 e. The van der Waals surface area contributed by atoms with Crippen molar-refractivity contribution in [1.29, 1.82) is 0 Å². The van der Waals surface area contributed by atoms with E-state index in [1.807, 2.05) is 0 Å². The lowest BCUT2D eigenvalue weighted by Crippen LogP contribution is -2.46. The molecule has 2 aromatic carbocycles. The van der Waals surface area contributed by atoms with Crippen molar-refractivity contribution in [2.24, 2.45) is 0 Å². The van der Waals surface area contributed by atoms with E-state index in [2.05, 4.69) is 0 Å². The van der Waals surface area contributed by atoms with Gasteiger partial charge in [0.1, 0.15) is 10.8 Å². The van der Waals surface area contributed by atoms with Crippen LogP contribution in [-0.2, 0) is 20.9 Å². The van der Waals surface area contributed by atoms with E-state index in [-0.39, 0.29) is 17.2 Å². The van der Waals surface area contributed by atoms with E-state index in [0.717, 1.165) is 26.1 Å². The molecule has 3 atom stereocenters. The average Bonchev–Trinajstić information content (AvgIpc) is 3.33. The van der Waals surface area contributed by atoms with Gasteiger partial charge in [0.15, 0.2) is 12.1 Å². The molecule has 1 heterocycles. The Morgan fingerprint density at radius 2 is 1.85 bits per heavy atom. The molecule has 11 heteroatoms. The molecule has 1 aromatic heterocycles. The van der Waals surface area contributed by atoms with E-state index >= 15 is 0 Å². The molecule has 4 rings (SSSR count). The van der Waals surface area contributed by atoms with Gasteiger partial charge in [-0.25, -0.2) is 9.59 Å². The maximum absolute atomic E-state index is 12.4. The second-order valence-corrected chi connectivity index (χ2v) is 9.66. The fraction of sp³-hybridized carbons (Fsp3) is 0.182. The van der Waals surface area contributed by atoms with Crippen LogP contribution in [0.2, 0.25) is 5.02 Å². The number of rotatable bonds is 9. The van der Waals surface area contributed by atoms with Crippen LogP contribution in [0.25, 0.3) is 10.4 Å². The Kier molecular flexibility index (Phi) is 6.44. The van der Waals surface area contributed by atoms with Crippen molar-refractivity contribution < 1.29 is 33.3 Å². The zero-order valence-electron chi connectivity index (χ0n) is 16.8. The number of nitrogens with zero attached hydrogens (tertiary/aromatic N) is 1. The molecule has 0 bridgehead atoms. The van der Waals surface area contributed by atoms with Gasteiger partial charge in [0.25, 0.3) is 0 Å². The first-order valence-electron chi connectivity index (χ1n) is 9.66. The quantitative estimate of drug-likeness (QED) is 0.417. The standard InChI is InChI=1S/C22H18ClNO7S2/c23-14-7-5-13(6-8-14)18-9-10-19(32-18)24(33(29)30)22(21(27)28)11-16(22)15-3-1-2-4-17(15)31-12-20(25)26/h1-10,16H,11-12H2,(H,25,26)(H,27,28)(H,29,30)/p-1. The number of carbonyl (C=O) groups is 2. The Labute approximate surface area is 200 Å². The lowest BCUT2D eigenvalue weighted by atomic mass is 10.0. The molecule has 172 valence electrons. The van der Waals surface area contributed by atoms with Crippen LogP contribution in [0.15, 0.2) is 60.7 Å². The van der Waals surface area contributed by atoms with Gasteiger partial charge in [-0.1, -0.05) is 41.9 Å². The molecule has 0 spiro atoms. The van der Waals surface area contributed by atoms with Gasteiger partial charge in [-0.3, -0.25) is 8.51 Å². The first-order valence-corrected chi connectivity index (χ1v) is 11.9. The second-order valence-electron chi connectivity index (χ2n) is 7.36. The number of carboxylic acids is 2. The molecule has 33 heavy (non-hydrogen) atoms. The zero-order valence-corrected chi connectivity index (χ0v) is 19.2. The van der Waals surface area contributed by atoms with Crippen LogP contribution in [0.4, 0.5) is 5.00 Å². The molecule has 0 aliphatic heterocycles. The Bertz CT molecular complexity index is 1230. The van der Waals surface area contributed by atoms with Gasteiger partial charge in [-0.15, -0.1) is 11.3 Å². The number of ether oxygens (including phenoxy) is 1. The first-order chi connectivity index (χ1) is 15.7. The minimum absolute atomic E-state index is 0.0118. The molecule has 0 amide bonds. The number of hydrogen-bond donors (Lipinski definition) is 2. The molecule has 3 aromatic rings. The van der Waals surface area contributed by atoms with Crippen molar-refractivity contribution in [3.63, 3.8) is 0 Å². The number of thiophene rings is 1. The van der Waals surface area contributed by atoms with Crippen molar-refractivity contribution in [2.75, 3.05) is 10.9 Å². The maximum Gasteiger partial charge on any atom is 0.341 e. The Morgan fingerprint density at radius 1 is 1.15 bits per heavy atom. The molecule has 1 aliphatic carbocycles. The number of benzene rings is 2. The van der Waals surface area contributed by atoms with E-state index in [0.29, 0.717) is 10.6 Å². The Balaban J connectivity index is 1.70. The van der Waals surface area contributed by atoms with Gasteiger partial charge in [0, 0.05) is 32.6 Å². The van der Waals surface area contributed by atoms with Crippen LogP contribution in [0.3, 0.4) is 0 Å². The summed E-state index contributed by atoms with van der Waals surface area (Å²) in [6, 6.07) is 16.7. The number of para-hydroxylation sites is 1. The summed E-state index contributed by atoms with van der Waals surface area (Å²) in [4.78, 5) is 24.1.